The van der Waals surface area contributed by atoms with Gasteiger partial charge >= 0.3 is 0 Å². The van der Waals surface area contributed by atoms with Crippen LogP contribution in [0.25, 0.3) is 0 Å². The summed E-state index contributed by atoms with van der Waals surface area (Å²) in [5, 5.41) is 15.3. The molecule has 0 bridgehead atoms. The van der Waals surface area contributed by atoms with Crippen LogP contribution in [0.1, 0.15) is 74.2 Å². The number of ether oxygens (including phenoxy) is 1. The number of carbonyl (C=O) groups is 3. The van der Waals surface area contributed by atoms with Crippen LogP contribution >= 0.6 is 0 Å². The van der Waals surface area contributed by atoms with Crippen molar-refractivity contribution in [1.82, 2.24) is 15.5 Å². The molecule has 180 valence electrons. The lowest BCUT2D eigenvalue weighted by molar-refractivity contribution is -0.136. The molecule has 5 rings (SSSR count). The number of fused-ring (bicyclic) bond motifs is 1. The number of benzene rings is 1. The lowest BCUT2D eigenvalue weighted by Gasteiger charge is -2.41. The summed E-state index contributed by atoms with van der Waals surface area (Å²) < 4.78 is 6.42. The molecule has 2 saturated carbocycles. The van der Waals surface area contributed by atoms with Gasteiger partial charge in [0.15, 0.2) is 0 Å². The van der Waals surface area contributed by atoms with Gasteiger partial charge in [0.25, 0.3) is 5.91 Å². The Morgan fingerprint density at radius 1 is 1.21 bits per heavy atom. The molecule has 3 amide bonds. The van der Waals surface area contributed by atoms with Gasteiger partial charge in [-0.2, -0.15) is 5.26 Å². The van der Waals surface area contributed by atoms with Gasteiger partial charge in [-0.05, 0) is 81.7 Å². The molecule has 8 nitrogen and oxygen atoms in total. The van der Waals surface area contributed by atoms with Crippen molar-refractivity contribution in [2.24, 2.45) is 11.3 Å². The second kappa shape index (κ2) is 9.03. The van der Waals surface area contributed by atoms with Crippen molar-refractivity contribution < 1.29 is 19.1 Å². The quantitative estimate of drug-likeness (QED) is 0.626. The van der Waals surface area contributed by atoms with Crippen LogP contribution in [-0.4, -0.2) is 47.4 Å². The van der Waals surface area contributed by atoms with Gasteiger partial charge in [-0.1, -0.05) is 6.42 Å². The predicted molar refractivity (Wildman–Crippen MR) is 124 cm³/mol. The van der Waals surface area contributed by atoms with Crippen LogP contribution in [-0.2, 0) is 16.1 Å². The van der Waals surface area contributed by atoms with E-state index in [1.54, 1.807) is 11.0 Å². The molecule has 0 radical (unpaired) electrons. The summed E-state index contributed by atoms with van der Waals surface area (Å²) in [5.41, 5.74) is 1.30. The lowest BCUT2D eigenvalue weighted by Crippen LogP contribution is -2.52. The van der Waals surface area contributed by atoms with Gasteiger partial charge in [0.05, 0.1) is 11.5 Å². The third-order valence-electron chi connectivity index (χ3n) is 7.90. The largest absolute Gasteiger partial charge is 0.489 e. The average molecular weight is 465 g/mol. The Balaban J connectivity index is 1.21. The minimum atomic E-state index is -0.608. The third-order valence-corrected chi connectivity index (χ3v) is 7.90. The molecule has 1 aromatic carbocycles. The standard InChI is InChI=1S/C26H32N4O4/c1-26(15-27)11-16(12-26)13-28-20-4-2-3-5-22(20)34-18-6-7-19-17(10-18)14-30(25(19)33)21-8-9-23(31)29-24(21)32/h6-7,10,16,20-22,28H,2-5,8-9,11-14H2,1H3,(H,29,31,32)/t16-,20-,21?,22+,26-/m1/s1. The van der Waals surface area contributed by atoms with E-state index in [2.05, 4.69) is 16.7 Å². The van der Waals surface area contributed by atoms with Gasteiger partial charge in [0.1, 0.15) is 17.9 Å². The number of hydrogen-bond donors (Lipinski definition) is 2. The Morgan fingerprint density at radius 2 is 2.00 bits per heavy atom. The number of nitrogens with one attached hydrogen (secondary N) is 2. The number of piperidine rings is 1. The van der Waals surface area contributed by atoms with Crippen molar-refractivity contribution in [3.05, 3.63) is 29.3 Å². The molecule has 34 heavy (non-hydrogen) atoms. The normalized spacial score (nSPS) is 33.1. The minimum absolute atomic E-state index is 0.0672. The van der Waals surface area contributed by atoms with E-state index < -0.39 is 11.9 Å². The maximum atomic E-state index is 12.9. The predicted octanol–water partition coefficient (Wildman–Crippen LogP) is 2.67. The van der Waals surface area contributed by atoms with Crippen molar-refractivity contribution in [2.45, 2.75) is 83.0 Å². The van der Waals surface area contributed by atoms with E-state index in [4.69, 9.17) is 4.74 Å². The van der Waals surface area contributed by atoms with Crippen molar-refractivity contribution in [1.29, 1.82) is 5.26 Å². The fourth-order valence-electron chi connectivity index (χ4n) is 6.04. The maximum absolute atomic E-state index is 12.9. The number of rotatable bonds is 6. The summed E-state index contributed by atoms with van der Waals surface area (Å²) in [7, 11) is 0. The molecule has 1 unspecified atom stereocenters. The van der Waals surface area contributed by atoms with E-state index in [-0.39, 0.29) is 35.8 Å². The summed E-state index contributed by atoms with van der Waals surface area (Å²) in [5.74, 6) is 0.449. The number of hydrogen-bond acceptors (Lipinski definition) is 6. The topological polar surface area (TPSA) is 112 Å². The fraction of sp³-hybridized carbons (Fsp3) is 0.615. The number of nitriles is 1. The number of imide groups is 1. The molecule has 0 spiro atoms. The molecular weight excluding hydrogens is 432 g/mol. The molecule has 2 heterocycles. The van der Waals surface area contributed by atoms with Crippen LogP contribution in [0.4, 0.5) is 0 Å². The van der Waals surface area contributed by atoms with E-state index in [0.29, 0.717) is 24.4 Å². The summed E-state index contributed by atoms with van der Waals surface area (Å²) in [4.78, 5) is 38.2. The number of amides is 3. The monoisotopic (exact) mass is 464 g/mol. The molecule has 4 aliphatic rings. The first-order valence-corrected chi connectivity index (χ1v) is 12.4. The first-order valence-electron chi connectivity index (χ1n) is 12.4. The van der Waals surface area contributed by atoms with Gasteiger partial charge in [-0.15, -0.1) is 0 Å². The van der Waals surface area contributed by atoms with Gasteiger partial charge < -0.3 is 15.0 Å². The van der Waals surface area contributed by atoms with E-state index in [9.17, 15) is 19.6 Å². The highest BCUT2D eigenvalue weighted by molar-refractivity contribution is 6.05. The zero-order valence-corrected chi connectivity index (χ0v) is 19.6. The zero-order chi connectivity index (χ0) is 23.9. The zero-order valence-electron chi connectivity index (χ0n) is 19.6. The van der Waals surface area contributed by atoms with E-state index in [1.807, 2.05) is 19.1 Å². The van der Waals surface area contributed by atoms with Gasteiger partial charge in [-0.25, -0.2) is 0 Å². The first-order chi connectivity index (χ1) is 16.3. The Kier molecular flexibility index (Phi) is 6.07. The van der Waals surface area contributed by atoms with Gasteiger partial charge in [0.2, 0.25) is 11.8 Å². The van der Waals surface area contributed by atoms with Gasteiger partial charge in [0, 0.05) is 24.6 Å². The molecule has 1 aromatic rings. The minimum Gasteiger partial charge on any atom is -0.489 e. The van der Waals surface area contributed by atoms with E-state index in [0.717, 1.165) is 50.0 Å². The molecule has 2 aliphatic carbocycles. The van der Waals surface area contributed by atoms with E-state index in [1.165, 1.54) is 6.42 Å². The summed E-state index contributed by atoms with van der Waals surface area (Å²) in [6.07, 6.45) is 6.95. The highest BCUT2D eigenvalue weighted by atomic mass is 16.5. The van der Waals surface area contributed by atoms with E-state index >= 15 is 0 Å². The summed E-state index contributed by atoms with van der Waals surface area (Å²) in [6, 6.07) is 7.66. The fourth-order valence-corrected chi connectivity index (χ4v) is 6.04. The van der Waals surface area contributed by atoms with Crippen LogP contribution in [0.15, 0.2) is 18.2 Å². The maximum Gasteiger partial charge on any atom is 0.255 e. The van der Waals surface area contributed by atoms with Crippen molar-refractivity contribution in [3.8, 4) is 11.8 Å². The van der Waals surface area contributed by atoms with Crippen LogP contribution in [0.2, 0.25) is 0 Å². The third kappa shape index (κ3) is 4.41. The number of nitrogens with zero attached hydrogens (tertiary/aromatic N) is 2. The molecule has 3 fully saturated rings. The van der Waals surface area contributed by atoms with Crippen LogP contribution in [0.3, 0.4) is 0 Å². The SMILES string of the molecule is C[C@]1(C#N)C[C@H](CN[C@@H]2CCCC[C@@H]2Oc2ccc3c(c2)CN(C2CCC(=O)NC2=O)C3=O)C1. The van der Waals surface area contributed by atoms with Crippen LogP contribution in [0, 0.1) is 22.7 Å². The number of carbonyl (C=O) groups excluding carboxylic acids is 3. The average Bonchev–Trinajstić information content (AvgIpc) is 3.12. The summed E-state index contributed by atoms with van der Waals surface area (Å²) >= 11 is 0. The molecule has 0 aromatic heterocycles. The molecule has 2 aliphatic heterocycles. The van der Waals surface area contributed by atoms with Crippen LogP contribution < -0.4 is 15.4 Å². The highest BCUT2D eigenvalue weighted by Gasteiger charge is 2.41. The molecule has 3 atom stereocenters. The first kappa shape index (κ1) is 22.9. The van der Waals surface area contributed by atoms with Gasteiger partial charge in [-0.3, -0.25) is 19.7 Å². The molecular formula is C26H32N4O4. The van der Waals surface area contributed by atoms with Crippen molar-refractivity contribution in [2.75, 3.05) is 6.54 Å². The van der Waals surface area contributed by atoms with Crippen LogP contribution in [0.5, 0.6) is 5.75 Å². The Bertz CT molecular complexity index is 1040. The second-order valence-corrected chi connectivity index (χ2v) is 10.6. The Morgan fingerprint density at radius 3 is 2.76 bits per heavy atom. The lowest BCUT2D eigenvalue weighted by atomic mass is 9.64. The molecule has 1 saturated heterocycles. The molecule has 8 heteroatoms. The van der Waals surface area contributed by atoms with Crippen molar-refractivity contribution in [3.63, 3.8) is 0 Å². The smallest absolute Gasteiger partial charge is 0.255 e. The highest BCUT2D eigenvalue weighted by Crippen LogP contribution is 2.44. The molecule has 2 N–H and O–H groups in total. The van der Waals surface area contributed by atoms with Crippen molar-refractivity contribution >= 4 is 17.7 Å². The summed E-state index contributed by atoms with van der Waals surface area (Å²) in [6.45, 7) is 3.31. The Hall–Kier alpha value is -2.92. The second-order valence-electron chi connectivity index (χ2n) is 10.6. The Labute approximate surface area is 200 Å².